The molecule has 0 amide bonds. The molecule has 0 spiro atoms. The number of ether oxygens (including phenoxy) is 2. The highest BCUT2D eigenvalue weighted by atomic mass is 32.1. The van der Waals surface area contributed by atoms with Gasteiger partial charge in [-0.3, -0.25) is 0 Å². The van der Waals surface area contributed by atoms with E-state index in [9.17, 15) is 4.79 Å². The Balaban J connectivity index is 2.05. The smallest absolute Gasteiger partial charge is 0.349 e. The molecule has 1 aromatic carbocycles. The minimum absolute atomic E-state index is 0.355. The summed E-state index contributed by atoms with van der Waals surface area (Å²) in [4.78, 5) is 18.1. The first-order chi connectivity index (χ1) is 9.63. The lowest BCUT2D eigenvalue weighted by atomic mass is 10.2. The minimum Gasteiger partial charge on any atom is -0.497 e. The Hall–Kier alpha value is -2.08. The van der Waals surface area contributed by atoms with E-state index in [-0.39, 0.29) is 5.97 Å². The third-order valence-corrected chi connectivity index (χ3v) is 3.88. The number of aromatic nitrogens is 1. The van der Waals surface area contributed by atoms with Crippen molar-refractivity contribution in [1.29, 1.82) is 0 Å². The number of esters is 1. The SMILES string of the molecule is COC(=O)c1cnc(N(C)Cc2ccc(OC)cc2)s1. The molecule has 1 heterocycles. The summed E-state index contributed by atoms with van der Waals surface area (Å²) in [5.74, 6) is 0.477. The number of methoxy groups -OCH3 is 2. The van der Waals surface area contributed by atoms with Crippen molar-refractivity contribution in [2.45, 2.75) is 6.54 Å². The Morgan fingerprint density at radius 1 is 1.30 bits per heavy atom. The van der Waals surface area contributed by atoms with Crippen molar-refractivity contribution in [3.63, 3.8) is 0 Å². The normalized spacial score (nSPS) is 10.2. The lowest BCUT2D eigenvalue weighted by molar-refractivity contribution is 0.0606. The zero-order chi connectivity index (χ0) is 14.5. The molecule has 5 nitrogen and oxygen atoms in total. The predicted molar refractivity (Wildman–Crippen MR) is 78.6 cm³/mol. The zero-order valence-corrected chi connectivity index (χ0v) is 12.4. The van der Waals surface area contributed by atoms with Crippen LogP contribution in [0.3, 0.4) is 0 Å². The van der Waals surface area contributed by atoms with Crippen molar-refractivity contribution >= 4 is 22.4 Å². The standard InChI is InChI=1S/C14H16N2O3S/c1-16(9-10-4-6-11(18-2)7-5-10)14-15-8-12(20-14)13(17)19-3/h4-8H,9H2,1-3H3. The van der Waals surface area contributed by atoms with Gasteiger partial charge >= 0.3 is 5.97 Å². The quantitative estimate of drug-likeness (QED) is 0.793. The molecular formula is C14H16N2O3S. The fourth-order valence-corrected chi connectivity index (χ4v) is 2.50. The largest absolute Gasteiger partial charge is 0.497 e. The van der Waals surface area contributed by atoms with Gasteiger partial charge in [0.25, 0.3) is 0 Å². The summed E-state index contributed by atoms with van der Waals surface area (Å²) in [6, 6.07) is 7.85. The van der Waals surface area contributed by atoms with Crippen LogP contribution in [0.1, 0.15) is 15.2 Å². The van der Waals surface area contributed by atoms with Crippen molar-refractivity contribution in [3.8, 4) is 5.75 Å². The van der Waals surface area contributed by atoms with Gasteiger partial charge in [0.1, 0.15) is 10.6 Å². The summed E-state index contributed by atoms with van der Waals surface area (Å²) in [5, 5.41) is 0.779. The maximum atomic E-state index is 11.4. The number of hydrogen-bond acceptors (Lipinski definition) is 6. The number of anilines is 1. The number of carbonyl (C=O) groups is 1. The van der Waals surface area contributed by atoms with Crippen molar-refractivity contribution in [1.82, 2.24) is 4.98 Å². The topological polar surface area (TPSA) is 51.7 Å². The van der Waals surface area contributed by atoms with Gasteiger partial charge in [-0.25, -0.2) is 9.78 Å². The molecule has 20 heavy (non-hydrogen) atoms. The summed E-state index contributed by atoms with van der Waals surface area (Å²) in [6.07, 6.45) is 1.54. The molecule has 0 saturated heterocycles. The van der Waals surface area contributed by atoms with Gasteiger partial charge in [0.2, 0.25) is 0 Å². The second-order valence-electron chi connectivity index (χ2n) is 4.20. The van der Waals surface area contributed by atoms with E-state index in [0.717, 1.165) is 16.4 Å². The highest BCUT2D eigenvalue weighted by Crippen LogP contribution is 2.23. The monoisotopic (exact) mass is 292 g/mol. The van der Waals surface area contributed by atoms with Crippen molar-refractivity contribution < 1.29 is 14.3 Å². The van der Waals surface area contributed by atoms with Crippen LogP contribution in [0.5, 0.6) is 5.75 Å². The fraction of sp³-hybridized carbons (Fsp3) is 0.286. The highest BCUT2D eigenvalue weighted by Gasteiger charge is 2.13. The van der Waals surface area contributed by atoms with E-state index < -0.39 is 0 Å². The van der Waals surface area contributed by atoms with Gasteiger partial charge in [-0.05, 0) is 17.7 Å². The van der Waals surface area contributed by atoms with Crippen LogP contribution in [0.15, 0.2) is 30.5 Å². The maximum Gasteiger partial charge on any atom is 0.349 e. The molecule has 0 aliphatic carbocycles. The van der Waals surface area contributed by atoms with Crippen LogP contribution in [0, 0.1) is 0 Å². The Labute approximate surface area is 121 Å². The van der Waals surface area contributed by atoms with Crippen LogP contribution in [-0.2, 0) is 11.3 Å². The van der Waals surface area contributed by atoms with Gasteiger partial charge in [-0.15, -0.1) is 0 Å². The number of benzene rings is 1. The summed E-state index contributed by atoms with van der Waals surface area (Å²) in [6.45, 7) is 0.706. The van der Waals surface area contributed by atoms with Gasteiger partial charge in [0, 0.05) is 13.6 Å². The van der Waals surface area contributed by atoms with Crippen LogP contribution in [0.4, 0.5) is 5.13 Å². The van der Waals surface area contributed by atoms with E-state index in [2.05, 4.69) is 9.72 Å². The number of rotatable bonds is 5. The number of hydrogen-bond donors (Lipinski definition) is 0. The molecule has 0 aliphatic heterocycles. The first kappa shape index (κ1) is 14.3. The Bertz CT molecular complexity index is 580. The Morgan fingerprint density at radius 2 is 2.00 bits per heavy atom. The Morgan fingerprint density at radius 3 is 2.60 bits per heavy atom. The van der Waals surface area contributed by atoms with Crippen LogP contribution >= 0.6 is 11.3 Å². The van der Waals surface area contributed by atoms with E-state index >= 15 is 0 Å². The molecule has 0 fully saturated rings. The average Bonchev–Trinajstić information content (AvgIpc) is 2.97. The number of nitrogens with zero attached hydrogens (tertiary/aromatic N) is 2. The van der Waals surface area contributed by atoms with Crippen LogP contribution in [0.2, 0.25) is 0 Å². The fourth-order valence-electron chi connectivity index (χ4n) is 1.71. The number of carbonyl (C=O) groups excluding carboxylic acids is 1. The van der Waals surface area contributed by atoms with Gasteiger partial charge < -0.3 is 14.4 Å². The minimum atomic E-state index is -0.355. The molecule has 0 atom stereocenters. The van der Waals surface area contributed by atoms with Crippen molar-refractivity contribution in [3.05, 3.63) is 40.9 Å². The third-order valence-electron chi connectivity index (χ3n) is 2.79. The van der Waals surface area contributed by atoms with Gasteiger partial charge in [-0.2, -0.15) is 0 Å². The predicted octanol–water partition coefficient (Wildman–Crippen LogP) is 2.57. The molecule has 0 aliphatic rings. The lowest BCUT2D eigenvalue weighted by Gasteiger charge is -2.15. The lowest BCUT2D eigenvalue weighted by Crippen LogP contribution is -2.15. The second kappa shape index (κ2) is 6.38. The Kier molecular flexibility index (Phi) is 4.57. The van der Waals surface area contributed by atoms with Crippen LogP contribution in [-0.4, -0.2) is 32.2 Å². The zero-order valence-electron chi connectivity index (χ0n) is 11.6. The molecule has 106 valence electrons. The molecule has 0 unspecified atom stereocenters. The highest BCUT2D eigenvalue weighted by molar-refractivity contribution is 7.17. The molecule has 6 heteroatoms. The van der Waals surface area contributed by atoms with E-state index in [1.165, 1.54) is 24.6 Å². The third kappa shape index (κ3) is 3.27. The second-order valence-corrected chi connectivity index (χ2v) is 5.21. The van der Waals surface area contributed by atoms with Gasteiger partial charge in [0.05, 0.1) is 20.4 Å². The summed E-state index contributed by atoms with van der Waals surface area (Å²) >= 11 is 1.32. The summed E-state index contributed by atoms with van der Waals surface area (Å²) in [5.41, 5.74) is 1.14. The molecular weight excluding hydrogens is 276 g/mol. The molecule has 0 bridgehead atoms. The average molecular weight is 292 g/mol. The molecule has 0 saturated carbocycles. The van der Waals surface area contributed by atoms with Crippen molar-refractivity contribution in [2.75, 3.05) is 26.2 Å². The van der Waals surface area contributed by atoms with E-state index in [1.807, 2.05) is 36.2 Å². The maximum absolute atomic E-state index is 11.4. The van der Waals surface area contributed by atoms with Gasteiger partial charge in [0.15, 0.2) is 5.13 Å². The first-order valence-corrected chi connectivity index (χ1v) is 6.84. The molecule has 2 rings (SSSR count). The number of thiazole rings is 1. The van der Waals surface area contributed by atoms with E-state index in [1.54, 1.807) is 7.11 Å². The van der Waals surface area contributed by atoms with E-state index in [0.29, 0.717) is 11.4 Å². The first-order valence-electron chi connectivity index (χ1n) is 6.02. The van der Waals surface area contributed by atoms with Crippen LogP contribution in [0.25, 0.3) is 0 Å². The molecule has 0 radical (unpaired) electrons. The summed E-state index contributed by atoms with van der Waals surface area (Å²) in [7, 11) is 4.94. The molecule has 0 N–H and O–H groups in total. The van der Waals surface area contributed by atoms with Crippen molar-refractivity contribution in [2.24, 2.45) is 0 Å². The van der Waals surface area contributed by atoms with Crippen LogP contribution < -0.4 is 9.64 Å². The molecule has 1 aromatic heterocycles. The molecule has 2 aromatic rings. The van der Waals surface area contributed by atoms with E-state index in [4.69, 9.17) is 4.74 Å². The van der Waals surface area contributed by atoms with Gasteiger partial charge in [-0.1, -0.05) is 23.5 Å². The summed E-state index contributed by atoms with van der Waals surface area (Å²) < 4.78 is 9.80.